The van der Waals surface area contributed by atoms with Gasteiger partial charge >= 0.3 is 0 Å². The fraction of sp³-hybridized carbons (Fsp3) is 0.643. The molecule has 1 aliphatic rings. The molecule has 8 nitrogen and oxygen atoms in total. The SMILES string of the molecule is CCc1ncncc1C(=O)NCCN1CCN(S(C)(=O)=O)CC1. The number of nitrogens with zero attached hydrogens (tertiary/aromatic N) is 4. The van der Waals surface area contributed by atoms with Crippen molar-refractivity contribution in [2.45, 2.75) is 13.3 Å². The summed E-state index contributed by atoms with van der Waals surface area (Å²) in [5, 5.41) is 2.87. The summed E-state index contributed by atoms with van der Waals surface area (Å²) in [6.45, 7) is 5.50. The Morgan fingerprint density at radius 2 is 2.00 bits per heavy atom. The number of amides is 1. The Balaban J connectivity index is 1.77. The molecular weight excluding hydrogens is 318 g/mol. The second kappa shape index (κ2) is 7.80. The van der Waals surface area contributed by atoms with Crippen molar-refractivity contribution in [1.29, 1.82) is 0 Å². The molecule has 0 bridgehead atoms. The maximum absolute atomic E-state index is 12.2. The second-order valence-corrected chi connectivity index (χ2v) is 7.48. The molecule has 1 amide bonds. The van der Waals surface area contributed by atoms with Gasteiger partial charge in [0.1, 0.15) is 6.33 Å². The van der Waals surface area contributed by atoms with Crippen LogP contribution in [0, 0.1) is 0 Å². The lowest BCUT2D eigenvalue weighted by Crippen LogP contribution is -2.49. The summed E-state index contributed by atoms with van der Waals surface area (Å²) in [6, 6.07) is 0. The van der Waals surface area contributed by atoms with E-state index in [4.69, 9.17) is 0 Å². The van der Waals surface area contributed by atoms with Crippen molar-refractivity contribution >= 4 is 15.9 Å². The smallest absolute Gasteiger partial charge is 0.254 e. The summed E-state index contributed by atoms with van der Waals surface area (Å²) in [5.41, 5.74) is 1.25. The van der Waals surface area contributed by atoms with E-state index in [1.54, 1.807) is 0 Å². The lowest BCUT2D eigenvalue weighted by molar-refractivity contribution is 0.0943. The van der Waals surface area contributed by atoms with Crippen LogP contribution < -0.4 is 5.32 Å². The van der Waals surface area contributed by atoms with Crippen LogP contribution in [0.25, 0.3) is 0 Å². The zero-order chi connectivity index (χ0) is 16.9. The number of rotatable bonds is 6. The van der Waals surface area contributed by atoms with Gasteiger partial charge in [-0.1, -0.05) is 6.92 Å². The Morgan fingerprint density at radius 1 is 1.30 bits per heavy atom. The van der Waals surface area contributed by atoms with Crippen LogP contribution in [0.15, 0.2) is 12.5 Å². The van der Waals surface area contributed by atoms with Crippen molar-refractivity contribution in [1.82, 2.24) is 24.5 Å². The number of nitrogens with one attached hydrogen (secondary N) is 1. The Morgan fingerprint density at radius 3 is 2.61 bits per heavy atom. The van der Waals surface area contributed by atoms with Gasteiger partial charge in [-0.05, 0) is 6.42 Å². The van der Waals surface area contributed by atoms with Gasteiger partial charge in [-0.15, -0.1) is 0 Å². The van der Waals surface area contributed by atoms with E-state index in [9.17, 15) is 13.2 Å². The highest BCUT2D eigenvalue weighted by atomic mass is 32.2. The topological polar surface area (TPSA) is 95.5 Å². The third-order valence-corrected chi connectivity index (χ3v) is 5.19. The minimum absolute atomic E-state index is 0.169. The van der Waals surface area contributed by atoms with E-state index < -0.39 is 10.0 Å². The second-order valence-electron chi connectivity index (χ2n) is 5.50. The lowest BCUT2D eigenvalue weighted by Gasteiger charge is -2.33. The lowest BCUT2D eigenvalue weighted by atomic mass is 10.2. The minimum Gasteiger partial charge on any atom is -0.351 e. The van der Waals surface area contributed by atoms with Crippen LogP contribution in [-0.2, 0) is 16.4 Å². The van der Waals surface area contributed by atoms with Crippen LogP contribution in [0.3, 0.4) is 0 Å². The molecule has 1 saturated heterocycles. The van der Waals surface area contributed by atoms with Gasteiger partial charge in [0.15, 0.2) is 0 Å². The van der Waals surface area contributed by atoms with Crippen molar-refractivity contribution in [3.63, 3.8) is 0 Å². The summed E-state index contributed by atoms with van der Waals surface area (Å²) < 4.78 is 24.4. The third-order valence-electron chi connectivity index (χ3n) is 3.89. The number of aromatic nitrogens is 2. The van der Waals surface area contributed by atoms with Gasteiger partial charge in [0, 0.05) is 45.5 Å². The Kier molecular flexibility index (Phi) is 6.03. The van der Waals surface area contributed by atoms with Gasteiger partial charge in [-0.25, -0.2) is 18.4 Å². The van der Waals surface area contributed by atoms with Crippen LogP contribution >= 0.6 is 0 Å². The van der Waals surface area contributed by atoms with Crippen molar-refractivity contribution in [3.8, 4) is 0 Å². The summed E-state index contributed by atoms with van der Waals surface area (Å²) in [4.78, 5) is 22.3. The molecule has 0 spiro atoms. The summed E-state index contributed by atoms with van der Waals surface area (Å²) >= 11 is 0. The van der Waals surface area contributed by atoms with Crippen molar-refractivity contribution in [3.05, 3.63) is 23.8 Å². The number of aryl methyl sites for hydroxylation is 1. The predicted molar refractivity (Wildman–Crippen MR) is 86.6 cm³/mol. The number of carbonyl (C=O) groups excluding carboxylic acids is 1. The number of sulfonamides is 1. The zero-order valence-electron chi connectivity index (χ0n) is 13.5. The first kappa shape index (κ1) is 17.8. The van der Waals surface area contributed by atoms with Crippen molar-refractivity contribution in [2.75, 3.05) is 45.5 Å². The monoisotopic (exact) mass is 341 g/mol. The standard InChI is InChI=1S/C14H23N5O3S/c1-3-13-12(10-15-11-17-13)14(20)16-4-5-18-6-8-19(9-7-18)23(2,21)22/h10-11H,3-9H2,1-2H3,(H,16,20). The number of carbonyl (C=O) groups is 1. The van der Waals surface area contributed by atoms with Crippen LogP contribution in [0.4, 0.5) is 0 Å². The maximum atomic E-state index is 12.2. The molecule has 128 valence electrons. The van der Waals surface area contributed by atoms with Crippen LogP contribution in [-0.4, -0.2) is 79.0 Å². The molecule has 1 N–H and O–H groups in total. The van der Waals surface area contributed by atoms with Gasteiger partial charge in [-0.3, -0.25) is 9.69 Å². The zero-order valence-corrected chi connectivity index (χ0v) is 14.3. The third kappa shape index (κ3) is 4.95. The molecule has 0 radical (unpaired) electrons. The molecule has 23 heavy (non-hydrogen) atoms. The molecule has 0 aliphatic carbocycles. The molecule has 2 heterocycles. The molecule has 9 heteroatoms. The summed E-state index contributed by atoms with van der Waals surface area (Å²) in [6.07, 6.45) is 4.89. The van der Waals surface area contributed by atoms with E-state index in [0.29, 0.717) is 51.3 Å². The van der Waals surface area contributed by atoms with Crippen LogP contribution in [0.2, 0.25) is 0 Å². The maximum Gasteiger partial charge on any atom is 0.254 e. The predicted octanol–water partition coefficient (Wildman–Crippen LogP) is -0.654. The first-order valence-corrected chi connectivity index (χ1v) is 9.51. The van der Waals surface area contributed by atoms with Crippen molar-refractivity contribution < 1.29 is 13.2 Å². The highest BCUT2D eigenvalue weighted by Crippen LogP contribution is 2.06. The van der Waals surface area contributed by atoms with E-state index in [-0.39, 0.29) is 5.91 Å². The normalized spacial score (nSPS) is 17.1. The number of hydrogen-bond donors (Lipinski definition) is 1. The van der Waals surface area contributed by atoms with E-state index in [0.717, 1.165) is 5.69 Å². The molecule has 1 aromatic rings. The molecule has 0 atom stereocenters. The molecule has 0 aromatic carbocycles. The molecule has 0 saturated carbocycles. The first-order valence-electron chi connectivity index (χ1n) is 7.66. The van der Waals surface area contributed by atoms with Gasteiger partial charge in [0.2, 0.25) is 10.0 Å². The quantitative estimate of drug-likeness (QED) is 0.738. The Labute approximate surface area is 137 Å². The van der Waals surface area contributed by atoms with Gasteiger partial charge < -0.3 is 5.32 Å². The molecule has 1 fully saturated rings. The number of hydrogen-bond acceptors (Lipinski definition) is 6. The molecular formula is C14H23N5O3S. The minimum atomic E-state index is -3.10. The summed E-state index contributed by atoms with van der Waals surface area (Å²) in [5.74, 6) is -0.169. The van der Waals surface area contributed by atoms with E-state index in [2.05, 4.69) is 20.2 Å². The largest absolute Gasteiger partial charge is 0.351 e. The van der Waals surface area contributed by atoms with E-state index in [1.165, 1.54) is 23.1 Å². The van der Waals surface area contributed by atoms with Gasteiger partial charge in [-0.2, -0.15) is 4.31 Å². The fourth-order valence-corrected chi connectivity index (χ4v) is 3.36. The fourth-order valence-electron chi connectivity index (χ4n) is 2.53. The van der Waals surface area contributed by atoms with E-state index >= 15 is 0 Å². The molecule has 0 unspecified atom stereocenters. The van der Waals surface area contributed by atoms with Gasteiger partial charge in [0.05, 0.1) is 17.5 Å². The van der Waals surface area contributed by atoms with Crippen LogP contribution in [0.5, 0.6) is 0 Å². The summed E-state index contributed by atoms with van der Waals surface area (Å²) in [7, 11) is -3.10. The first-order chi connectivity index (χ1) is 10.9. The van der Waals surface area contributed by atoms with E-state index in [1.807, 2.05) is 6.92 Å². The van der Waals surface area contributed by atoms with Crippen LogP contribution in [0.1, 0.15) is 23.0 Å². The average molecular weight is 341 g/mol. The number of piperazine rings is 1. The molecule has 1 aromatic heterocycles. The molecule has 1 aliphatic heterocycles. The Bertz CT molecular complexity index is 642. The van der Waals surface area contributed by atoms with Crippen molar-refractivity contribution in [2.24, 2.45) is 0 Å². The van der Waals surface area contributed by atoms with Gasteiger partial charge in [0.25, 0.3) is 5.91 Å². The Hall–Kier alpha value is -1.58. The average Bonchev–Trinajstić information content (AvgIpc) is 2.54. The molecule has 2 rings (SSSR count). The highest BCUT2D eigenvalue weighted by molar-refractivity contribution is 7.88. The highest BCUT2D eigenvalue weighted by Gasteiger charge is 2.23.